The lowest BCUT2D eigenvalue weighted by Crippen LogP contribution is -2.25. The molecule has 0 aliphatic heterocycles. The lowest BCUT2D eigenvalue weighted by Gasteiger charge is -2.10. The zero-order valence-corrected chi connectivity index (χ0v) is 14.5. The van der Waals surface area contributed by atoms with E-state index in [0.717, 1.165) is 24.1 Å². The van der Waals surface area contributed by atoms with Crippen LogP contribution >= 0.6 is 0 Å². The maximum atomic E-state index is 12.1. The molecule has 2 rings (SSSR count). The molecule has 0 radical (unpaired) electrons. The minimum atomic E-state index is -4.75. The Bertz CT molecular complexity index is 805. The Kier molecular flexibility index (Phi) is 6.64. The normalized spacial score (nSPS) is 11.8. The smallest absolute Gasteiger partial charge is 0.406 e. The van der Waals surface area contributed by atoms with E-state index in [1.165, 1.54) is 12.1 Å². The van der Waals surface area contributed by atoms with Gasteiger partial charge in [0.25, 0.3) is 0 Å². The summed E-state index contributed by atoms with van der Waals surface area (Å²) in [5.41, 5.74) is 7.85. The molecule has 144 valence electrons. The van der Waals surface area contributed by atoms with Crippen LogP contribution in [0, 0.1) is 0 Å². The lowest BCUT2D eigenvalue weighted by atomic mass is 10.1. The number of nitrogens with two attached hydrogens (primary N) is 1. The predicted octanol–water partition coefficient (Wildman–Crippen LogP) is 3.51. The standard InChI is InChI=1S/C18H19F3N4O2/c1-2-12-4-3-5-14(10-12)24-16(26)11-23-17(22)25-13-6-8-15(9-7-13)27-18(19,20)21/h3-10H,2,11H2,1H3,(H,24,26)(H3,22,23,25). The molecule has 0 atom stereocenters. The van der Waals surface area contributed by atoms with Crippen molar-refractivity contribution >= 4 is 23.2 Å². The fourth-order valence-electron chi connectivity index (χ4n) is 2.15. The van der Waals surface area contributed by atoms with Crippen molar-refractivity contribution in [3.8, 4) is 5.75 Å². The van der Waals surface area contributed by atoms with Crippen LogP contribution in [0.25, 0.3) is 0 Å². The first-order valence-electron chi connectivity index (χ1n) is 8.06. The number of nitrogens with zero attached hydrogens (tertiary/aromatic N) is 1. The Morgan fingerprint density at radius 2 is 1.81 bits per heavy atom. The van der Waals surface area contributed by atoms with Crippen molar-refractivity contribution in [2.24, 2.45) is 10.7 Å². The van der Waals surface area contributed by atoms with Gasteiger partial charge in [-0.2, -0.15) is 0 Å². The number of hydrogen-bond donors (Lipinski definition) is 3. The first-order valence-corrected chi connectivity index (χ1v) is 8.06. The largest absolute Gasteiger partial charge is 0.573 e. The molecule has 2 aromatic carbocycles. The van der Waals surface area contributed by atoms with Crippen molar-refractivity contribution in [3.05, 3.63) is 54.1 Å². The summed E-state index contributed by atoms with van der Waals surface area (Å²) in [7, 11) is 0. The van der Waals surface area contributed by atoms with Crippen LogP contribution in [-0.2, 0) is 11.2 Å². The summed E-state index contributed by atoms with van der Waals surface area (Å²) >= 11 is 0. The molecule has 0 saturated carbocycles. The van der Waals surface area contributed by atoms with E-state index in [-0.39, 0.29) is 24.2 Å². The Labute approximate surface area is 154 Å². The van der Waals surface area contributed by atoms with Crippen LogP contribution in [0.15, 0.2) is 53.5 Å². The van der Waals surface area contributed by atoms with Gasteiger partial charge in [0.1, 0.15) is 12.3 Å². The molecular formula is C18H19F3N4O2. The summed E-state index contributed by atoms with van der Waals surface area (Å²) in [6, 6.07) is 12.4. The molecule has 2 aromatic rings. The van der Waals surface area contributed by atoms with Crippen LogP contribution in [0.3, 0.4) is 0 Å². The van der Waals surface area contributed by atoms with E-state index in [9.17, 15) is 18.0 Å². The van der Waals surface area contributed by atoms with Gasteiger partial charge >= 0.3 is 6.36 Å². The van der Waals surface area contributed by atoms with Crippen LogP contribution in [0.5, 0.6) is 5.75 Å². The fraction of sp³-hybridized carbons (Fsp3) is 0.222. The van der Waals surface area contributed by atoms with Crippen molar-refractivity contribution in [1.29, 1.82) is 0 Å². The Morgan fingerprint density at radius 3 is 2.44 bits per heavy atom. The van der Waals surface area contributed by atoms with Crippen molar-refractivity contribution in [3.63, 3.8) is 0 Å². The number of amides is 1. The third-order valence-corrected chi connectivity index (χ3v) is 3.37. The SMILES string of the molecule is CCc1cccc(NC(=O)CN=C(N)Nc2ccc(OC(F)(F)F)cc2)c1. The van der Waals surface area contributed by atoms with E-state index in [0.29, 0.717) is 11.4 Å². The summed E-state index contributed by atoms with van der Waals surface area (Å²) in [5.74, 6) is -0.740. The van der Waals surface area contributed by atoms with Gasteiger partial charge in [0.2, 0.25) is 5.91 Å². The van der Waals surface area contributed by atoms with Crippen molar-refractivity contribution in [1.82, 2.24) is 0 Å². The number of ether oxygens (including phenoxy) is 1. The minimum Gasteiger partial charge on any atom is -0.406 e. The Balaban J connectivity index is 1.87. The highest BCUT2D eigenvalue weighted by molar-refractivity contribution is 5.97. The number of rotatable bonds is 6. The third-order valence-electron chi connectivity index (χ3n) is 3.37. The van der Waals surface area contributed by atoms with Crippen molar-refractivity contribution in [2.45, 2.75) is 19.7 Å². The second kappa shape index (κ2) is 8.93. The number of halogens is 3. The molecule has 0 aliphatic rings. The van der Waals surface area contributed by atoms with Crippen LogP contribution < -0.4 is 21.1 Å². The molecule has 0 unspecified atom stereocenters. The molecule has 27 heavy (non-hydrogen) atoms. The summed E-state index contributed by atoms with van der Waals surface area (Å²) in [5, 5.41) is 5.39. The van der Waals surface area contributed by atoms with E-state index >= 15 is 0 Å². The molecule has 0 heterocycles. The summed E-state index contributed by atoms with van der Waals surface area (Å²) in [4.78, 5) is 15.8. The monoisotopic (exact) mass is 380 g/mol. The highest BCUT2D eigenvalue weighted by atomic mass is 19.4. The quantitative estimate of drug-likeness (QED) is 0.529. The summed E-state index contributed by atoms with van der Waals surface area (Å²) in [6.07, 6.45) is -3.90. The van der Waals surface area contributed by atoms with Crippen LogP contribution in [0.1, 0.15) is 12.5 Å². The maximum Gasteiger partial charge on any atom is 0.573 e. The number of nitrogens with one attached hydrogen (secondary N) is 2. The lowest BCUT2D eigenvalue weighted by molar-refractivity contribution is -0.274. The van der Waals surface area contributed by atoms with Crippen LogP contribution in [0.2, 0.25) is 0 Å². The molecule has 6 nitrogen and oxygen atoms in total. The van der Waals surface area contributed by atoms with Gasteiger partial charge in [-0.15, -0.1) is 13.2 Å². The first kappa shape index (κ1) is 20.1. The van der Waals surface area contributed by atoms with E-state index in [2.05, 4.69) is 20.4 Å². The van der Waals surface area contributed by atoms with Crippen LogP contribution in [-0.4, -0.2) is 24.8 Å². The molecule has 1 amide bonds. The van der Waals surface area contributed by atoms with Gasteiger partial charge in [-0.05, 0) is 48.4 Å². The minimum absolute atomic E-state index is 0.0445. The van der Waals surface area contributed by atoms with Gasteiger partial charge < -0.3 is 21.1 Å². The average molecular weight is 380 g/mol. The molecule has 9 heteroatoms. The van der Waals surface area contributed by atoms with Gasteiger partial charge in [-0.3, -0.25) is 4.79 Å². The molecule has 0 fully saturated rings. The van der Waals surface area contributed by atoms with Gasteiger partial charge in [-0.25, -0.2) is 4.99 Å². The number of aryl methyl sites for hydroxylation is 1. The Morgan fingerprint density at radius 1 is 1.11 bits per heavy atom. The van der Waals surface area contributed by atoms with Crippen LogP contribution in [0.4, 0.5) is 24.5 Å². The van der Waals surface area contributed by atoms with E-state index in [1.54, 1.807) is 6.07 Å². The Hall–Kier alpha value is -3.23. The highest BCUT2D eigenvalue weighted by Gasteiger charge is 2.30. The second-order valence-corrected chi connectivity index (χ2v) is 5.50. The zero-order chi connectivity index (χ0) is 19.9. The van der Waals surface area contributed by atoms with E-state index < -0.39 is 6.36 Å². The van der Waals surface area contributed by atoms with Gasteiger partial charge in [-0.1, -0.05) is 19.1 Å². The third kappa shape index (κ3) is 7.27. The summed E-state index contributed by atoms with van der Waals surface area (Å²) in [6.45, 7) is 1.81. The number of aliphatic imine (C=N–C) groups is 1. The zero-order valence-electron chi connectivity index (χ0n) is 14.5. The number of carbonyl (C=O) groups is 1. The number of hydrogen-bond acceptors (Lipinski definition) is 3. The summed E-state index contributed by atoms with van der Waals surface area (Å²) < 4.78 is 40.1. The van der Waals surface area contributed by atoms with Crippen molar-refractivity contribution < 1.29 is 22.7 Å². The number of carbonyl (C=O) groups excluding carboxylic acids is 1. The van der Waals surface area contributed by atoms with E-state index in [1.807, 2.05) is 25.1 Å². The number of benzene rings is 2. The van der Waals surface area contributed by atoms with E-state index in [4.69, 9.17) is 5.73 Å². The highest BCUT2D eigenvalue weighted by Crippen LogP contribution is 2.23. The number of anilines is 2. The number of guanidine groups is 1. The molecule has 0 aromatic heterocycles. The van der Waals surface area contributed by atoms with Gasteiger partial charge in [0, 0.05) is 11.4 Å². The molecular weight excluding hydrogens is 361 g/mol. The second-order valence-electron chi connectivity index (χ2n) is 5.50. The molecule has 0 saturated heterocycles. The molecule has 0 bridgehead atoms. The molecule has 0 aliphatic carbocycles. The maximum absolute atomic E-state index is 12.1. The molecule has 4 N–H and O–H groups in total. The molecule has 0 spiro atoms. The van der Waals surface area contributed by atoms with Gasteiger partial charge in [0.05, 0.1) is 0 Å². The average Bonchev–Trinajstić information content (AvgIpc) is 2.60. The predicted molar refractivity (Wildman–Crippen MR) is 97.7 cm³/mol. The van der Waals surface area contributed by atoms with Gasteiger partial charge in [0.15, 0.2) is 5.96 Å². The van der Waals surface area contributed by atoms with Crippen molar-refractivity contribution in [2.75, 3.05) is 17.2 Å². The topological polar surface area (TPSA) is 88.7 Å². The fourth-order valence-corrected chi connectivity index (χ4v) is 2.15. The first-order chi connectivity index (χ1) is 12.7. The number of alkyl halides is 3.